The molecule has 2 bridgehead atoms. The monoisotopic (exact) mass is 655 g/mol. The quantitative estimate of drug-likeness (QED) is 0.187. The fourth-order valence-corrected chi connectivity index (χ4v) is 7.69. The van der Waals surface area contributed by atoms with E-state index in [9.17, 15) is 15.0 Å². The van der Waals surface area contributed by atoms with Gasteiger partial charge in [0.15, 0.2) is 5.79 Å². The second-order valence-electron chi connectivity index (χ2n) is 16.9. The summed E-state index contributed by atoms with van der Waals surface area (Å²) >= 11 is 0. The van der Waals surface area contributed by atoms with Gasteiger partial charge in [0.2, 0.25) is 0 Å². The van der Waals surface area contributed by atoms with Crippen LogP contribution in [-0.2, 0) is 28.6 Å². The number of aliphatic hydroxyl groups excluding tert-OH is 1. The van der Waals surface area contributed by atoms with Crippen molar-refractivity contribution in [3.05, 3.63) is 47.1 Å². The highest BCUT2D eigenvalue weighted by Gasteiger charge is 2.66. The molecule has 0 radical (unpaired) electrons. The van der Waals surface area contributed by atoms with Gasteiger partial charge >= 0.3 is 5.97 Å². The first kappa shape index (κ1) is 36.0. The summed E-state index contributed by atoms with van der Waals surface area (Å²) in [5, 5.41) is 28.1. The molecule has 3 fully saturated rings. The van der Waals surface area contributed by atoms with Gasteiger partial charge in [-0.2, -0.15) is 0 Å². The lowest BCUT2D eigenvalue weighted by molar-refractivity contribution is -0.324. The molecular weight excluding hydrogens is 598 g/mol. The molecule has 0 amide bonds. The standard InChI is InChI=1S/C38H57NO8/c1-23-12-11-13-26-22-43-32-31(40)25(3)19-36(10,38(26,32)42)33(41)44-29-18-28(15-14-24(2)16-23)45-37(21-29)20-27(39-47-35(7,8)9)17-30(46-37)34(4,5)6/h11-14,19,23,28-32,40,42H,15-18,20-22H2,1-10H3/b12-11+,24-14+,26-13+,39-27+/t23-,28+,29-,30-,31+,32+,36-,37+,38-/m0/s1. The van der Waals surface area contributed by atoms with Crippen LogP contribution in [0.5, 0.6) is 0 Å². The van der Waals surface area contributed by atoms with Gasteiger partial charge < -0.3 is 34.0 Å². The van der Waals surface area contributed by atoms with Gasteiger partial charge in [0, 0.05) is 25.7 Å². The molecule has 0 aromatic carbocycles. The molecule has 262 valence electrons. The first-order valence-electron chi connectivity index (χ1n) is 17.3. The van der Waals surface area contributed by atoms with Crippen molar-refractivity contribution in [3.63, 3.8) is 0 Å². The molecule has 2 N–H and O–H groups in total. The average molecular weight is 656 g/mol. The Kier molecular flexibility index (Phi) is 9.85. The van der Waals surface area contributed by atoms with Crippen LogP contribution in [0.25, 0.3) is 0 Å². The minimum atomic E-state index is -1.80. The molecule has 5 rings (SSSR count). The summed E-state index contributed by atoms with van der Waals surface area (Å²) in [5.41, 5.74) is -0.780. The topological polar surface area (TPSA) is 116 Å². The van der Waals surface area contributed by atoms with E-state index in [0.717, 1.165) is 12.1 Å². The highest BCUT2D eigenvalue weighted by atomic mass is 16.7. The molecule has 1 spiro atoms. The second kappa shape index (κ2) is 12.9. The van der Waals surface area contributed by atoms with Gasteiger partial charge in [-0.15, -0.1) is 0 Å². The summed E-state index contributed by atoms with van der Waals surface area (Å²) in [7, 11) is 0. The van der Waals surface area contributed by atoms with Crippen LogP contribution in [0, 0.1) is 16.7 Å². The number of esters is 1. The van der Waals surface area contributed by atoms with E-state index in [2.05, 4.69) is 51.9 Å². The van der Waals surface area contributed by atoms with Crippen molar-refractivity contribution in [2.24, 2.45) is 21.9 Å². The Morgan fingerprint density at radius 2 is 1.79 bits per heavy atom. The molecule has 9 atom stereocenters. The molecular formula is C38H57NO8. The normalized spacial score (nSPS) is 44.0. The third kappa shape index (κ3) is 7.35. The number of ether oxygens (including phenoxy) is 4. The molecule has 5 aliphatic rings. The SMILES string of the molecule is CC1=C[C@@]2(C)C(=O)O[C@H]3C[C@@H](C/C=C(\C)C[C@@H](C)/C=C/C=C4\CO[C@H]([C@@H]1O)[C@@]42O)O[C@@]1(C/C(=N/OC(C)(C)C)C[C@@H](C(C)(C)C)O1)C3. The summed E-state index contributed by atoms with van der Waals surface area (Å²) in [6, 6.07) is 0. The molecule has 0 aromatic heterocycles. The zero-order valence-corrected chi connectivity index (χ0v) is 30.1. The molecule has 0 unspecified atom stereocenters. The highest BCUT2D eigenvalue weighted by Crippen LogP contribution is 2.53. The fourth-order valence-electron chi connectivity index (χ4n) is 7.69. The van der Waals surface area contributed by atoms with E-state index in [1.165, 1.54) is 5.57 Å². The second-order valence-corrected chi connectivity index (χ2v) is 16.9. The summed E-state index contributed by atoms with van der Waals surface area (Å²) in [5.74, 6) is -1.41. The van der Waals surface area contributed by atoms with Crippen LogP contribution in [0.1, 0.15) is 108 Å². The molecule has 3 saturated heterocycles. The number of nitrogens with zero attached hydrogens (tertiary/aromatic N) is 1. The van der Waals surface area contributed by atoms with E-state index in [1.54, 1.807) is 19.9 Å². The van der Waals surface area contributed by atoms with Gasteiger partial charge in [-0.25, -0.2) is 0 Å². The number of hydrogen-bond donors (Lipinski definition) is 2. The van der Waals surface area contributed by atoms with E-state index >= 15 is 0 Å². The van der Waals surface area contributed by atoms with Crippen LogP contribution >= 0.6 is 0 Å². The number of allylic oxidation sites excluding steroid dienone is 4. The number of carbonyl (C=O) groups excluding carboxylic acids is 1. The van der Waals surface area contributed by atoms with E-state index in [1.807, 2.05) is 32.9 Å². The third-order valence-corrected chi connectivity index (χ3v) is 10.3. The van der Waals surface area contributed by atoms with Crippen LogP contribution in [0.3, 0.4) is 0 Å². The fraction of sp³-hybridized carbons (Fsp3) is 0.737. The van der Waals surface area contributed by atoms with Crippen LogP contribution in [-0.4, -0.2) is 76.0 Å². The third-order valence-electron chi connectivity index (χ3n) is 10.3. The Labute approximate surface area is 281 Å². The predicted octanol–water partition coefficient (Wildman–Crippen LogP) is 6.49. The minimum absolute atomic E-state index is 0.100. The Hall–Kier alpha value is -2.30. The Balaban J connectivity index is 1.57. The Morgan fingerprint density at radius 1 is 1.06 bits per heavy atom. The smallest absolute Gasteiger partial charge is 0.319 e. The van der Waals surface area contributed by atoms with Crippen molar-refractivity contribution in [2.45, 2.75) is 155 Å². The van der Waals surface area contributed by atoms with E-state index < -0.39 is 46.7 Å². The van der Waals surface area contributed by atoms with Gasteiger partial charge in [0.1, 0.15) is 34.9 Å². The number of hydrogen-bond acceptors (Lipinski definition) is 9. The molecule has 9 heteroatoms. The van der Waals surface area contributed by atoms with E-state index in [-0.39, 0.29) is 30.1 Å². The number of fused-ring (bicyclic) bond motifs is 2. The maximum absolute atomic E-state index is 14.5. The first-order valence-corrected chi connectivity index (χ1v) is 17.3. The van der Waals surface area contributed by atoms with Crippen LogP contribution < -0.4 is 0 Å². The van der Waals surface area contributed by atoms with Crippen molar-refractivity contribution >= 4 is 11.7 Å². The largest absolute Gasteiger partial charge is 0.461 e. The number of aliphatic hydroxyl groups is 2. The number of rotatable bonds is 1. The maximum Gasteiger partial charge on any atom is 0.319 e. The lowest BCUT2D eigenvalue weighted by Gasteiger charge is -2.51. The molecule has 9 nitrogen and oxygen atoms in total. The van der Waals surface area contributed by atoms with Gasteiger partial charge in [0.25, 0.3) is 0 Å². The van der Waals surface area contributed by atoms with Gasteiger partial charge in [0.05, 0.1) is 24.5 Å². The van der Waals surface area contributed by atoms with Gasteiger partial charge in [-0.05, 0) is 76.9 Å². The zero-order chi connectivity index (χ0) is 34.6. The zero-order valence-electron chi connectivity index (χ0n) is 30.1. The van der Waals surface area contributed by atoms with E-state index in [0.29, 0.717) is 43.3 Å². The summed E-state index contributed by atoms with van der Waals surface area (Å²) in [6.07, 6.45) is 9.91. The van der Waals surface area contributed by atoms with Gasteiger partial charge in [-0.3, -0.25) is 4.79 Å². The molecule has 47 heavy (non-hydrogen) atoms. The highest BCUT2D eigenvalue weighted by molar-refractivity contribution is 5.86. The summed E-state index contributed by atoms with van der Waals surface area (Å²) in [6.45, 7) is 20.2. The lowest BCUT2D eigenvalue weighted by Crippen LogP contribution is -2.63. The van der Waals surface area contributed by atoms with Crippen LogP contribution in [0.4, 0.5) is 0 Å². The van der Waals surface area contributed by atoms with Gasteiger partial charge in [-0.1, -0.05) is 68.8 Å². The van der Waals surface area contributed by atoms with E-state index in [4.69, 9.17) is 23.8 Å². The minimum Gasteiger partial charge on any atom is -0.461 e. The molecule has 0 aromatic rings. The Bertz CT molecular complexity index is 1360. The van der Waals surface area contributed by atoms with Crippen LogP contribution in [0.2, 0.25) is 0 Å². The van der Waals surface area contributed by atoms with Crippen molar-refractivity contribution in [1.29, 1.82) is 0 Å². The van der Waals surface area contributed by atoms with Crippen molar-refractivity contribution in [1.82, 2.24) is 0 Å². The molecule has 4 aliphatic heterocycles. The molecule has 1 aliphatic carbocycles. The summed E-state index contributed by atoms with van der Waals surface area (Å²) < 4.78 is 26.2. The Morgan fingerprint density at radius 3 is 2.47 bits per heavy atom. The molecule has 4 heterocycles. The predicted molar refractivity (Wildman–Crippen MR) is 180 cm³/mol. The number of oxime groups is 1. The average Bonchev–Trinajstić information content (AvgIpc) is 3.30. The summed E-state index contributed by atoms with van der Waals surface area (Å²) in [4.78, 5) is 20.4. The lowest BCUT2D eigenvalue weighted by atomic mass is 9.61. The number of carbonyl (C=O) groups is 1. The van der Waals surface area contributed by atoms with Crippen molar-refractivity contribution in [3.8, 4) is 0 Å². The van der Waals surface area contributed by atoms with Crippen LogP contribution in [0.15, 0.2) is 52.3 Å². The van der Waals surface area contributed by atoms with Crippen molar-refractivity contribution in [2.75, 3.05) is 6.61 Å². The van der Waals surface area contributed by atoms with Crippen molar-refractivity contribution < 1.29 is 38.8 Å². The first-order chi connectivity index (χ1) is 21.7. The molecule has 0 saturated carbocycles. The maximum atomic E-state index is 14.5.